The van der Waals surface area contributed by atoms with Crippen LogP contribution in [-0.2, 0) is 11.2 Å². The number of hydrogen-bond donors (Lipinski definition) is 1. The summed E-state index contributed by atoms with van der Waals surface area (Å²) in [6.07, 6.45) is 0.987. The van der Waals surface area contributed by atoms with Gasteiger partial charge in [-0.25, -0.2) is 0 Å². The second kappa shape index (κ2) is 7.07. The molecule has 0 saturated carbocycles. The van der Waals surface area contributed by atoms with Crippen molar-refractivity contribution < 1.29 is 9.47 Å². The zero-order valence-corrected chi connectivity index (χ0v) is 12.8. The van der Waals surface area contributed by atoms with Crippen molar-refractivity contribution in [1.29, 1.82) is 0 Å². The summed E-state index contributed by atoms with van der Waals surface area (Å²) in [5.41, 5.74) is 8.34. The number of hydrogen-bond acceptors (Lipinski definition) is 4. The highest BCUT2D eigenvalue weighted by atomic mass is 16.5. The molecule has 0 aromatic heterocycles. The second-order valence-corrected chi connectivity index (χ2v) is 5.86. The van der Waals surface area contributed by atoms with Gasteiger partial charge in [0.2, 0.25) is 0 Å². The number of benzene rings is 1. The quantitative estimate of drug-likeness (QED) is 0.888. The molecule has 4 heteroatoms. The average Bonchev–Trinajstić information content (AvgIpc) is 2.37. The average molecular weight is 278 g/mol. The molecule has 1 heterocycles. The summed E-state index contributed by atoms with van der Waals surface area (Å²) in [7, 11) is 2.11. The third kappa shape index (κ3) is 4.47. The lowest BCUT2D eigenvalue weighted by Crippen LogP contribution is -2.42. The molecule has 0 aliphatic carbocycles. The first-order valence-corrected chi connectivity index (χ1v) is 7.32. The van der Waals surface area contributed by atoms with Crippen LogP contribution in [0.5, 0.6) is 5.75 Å². The van der Waals surface area contributed by atoms with Crippen LogP contribution in [0.25, 0.3) is 0 Å². The fourth-order valence-electron chi connectivity index (χ4n) is 2.51. The Hall–Kier alpha value is -1.10. The Morgan fingerprint density at radius 3 is 3.00 bits per heavy atom. The number of nitrogens with zero attached hydrogens (tertiary/aromatic N) is 1. The normalized spacial score (nSPS) is 21.7. The lowest BCUT2D eigenvalue weighted by atomic mass is 10.0. The predicted octanol–water partition coefficient (Wildman–Crippen LogP) is 1.59. The zero-order valence-electron chi connectivity index (χ0n) is 12.8. The maximum atomic E-state index is 5.97. The summed E-state index contributed by atoms with van der Waals surface area (Å²) in [6, 6.07) is 6.41. The van der Waals surface area contributed by atoms with Crippen LogP contribution in [-0.4, -0.2) is 50.4 Å². The van der Waals surface area contributed by atoms with Gasteiger partial charge in [-0.2, -0.15) is 0 Å². The van der Waals surface area contributed by atoms with Crippen LogP contribution in [0.3, 0.4) is 0 Å². The summed E-state index contributed by atoms with van der Waals surface area (Å²) < 4.78 is 11.7. The highest BCUT2D eigenvalue weighted by Crippen LogP contribution is 2.22. The summed E-state index contributed by atoms with van der Waals surface area (Å²) in [5.74, 6) is 0.935. The van der Waals surface area contributed by atoms with Gasteiger partial charge < -0.3 is 20.1 Å². The lowest BCUT2D eigenvalue weighted by Gasteiger charge is -2.30. The maximum absolute atomic E-state index is 5.97. The van der Waals surface area contributed by atoms with E-state index in [2.05, 4.69) is 31.0 Å². The van der Waals surface area contributed by atoms with E-state index < -0.39 is 0 Å². The number of rotatable bonds is 5. The summed E-state index contributed by atoms with van der Waals surface area (Å²) in [5, 5.41) is 0. The maximum Gasteiger partial charge on any atom is 0.122 e. The monoisotopic (exact) mass is 278 g/mol. The Morgan fingerprint density at radius 2 is 2.30 bits per heavy atom. The van der Waals surface area contributed by atoms with Crippen LogP contribution in [0.1, 0.15) is 18.1 Å². The molecule has 0 radical (unpaired) electrons. The van der Waals surface area contributed by atoms with Crippen LogP contribution in [0.2, 0.25) is 0 Å². The van der Waals surface area contributed by atoms with Crippen molar-refractivity contribution in [1.82, 2.24) is 4.90 Å². The van der Waals surface area contributed by atoms with Gasteiger partial charge in [0.1, 0.15) is 18.5 Å². The van der Waals surface area contributed by atoms with E-state index in [0.717, 1.165) is 31.9 Å². The Morgan fingerprint density at radius 1 is 1.50 bits per heavy atom. The fourth-order valence-corrected chi connectivity index (χ4v) is 2.51. The van der Waals surface area contributed by atoms with Crippen LogP contribution < -0.4 is 10.5 Å². The van der Waals surface area contributed by atoms with E-state index in [1.54, 1.807) is 0 Å². The van der Waals surface area contributed by atoms with Crippen molar-refractivity contribution in [2.24, 2.45) is 5.73 Å². The number of nitrogens with two attached hydrogens (primary N) is 1. The molecule has 1 aromatic rings. The molecule has 20 heavy (non-hydrogen) atoms. The van der Waals surface area contributed by atoms with Crippen molar-refractivity contribution in [3.63, 3.8) is 0 Å². The van der Waals surface area contributed by atoms with E-state index in [1.165, 1.54) is 11.1 Å². The lowest BCUT2D eigenvalue weighted by molar-refractivity contribution is -0.0404. The molecule has 112 valence electrons. The Balaban J connectivity index is 1.97. The van der Waals surface area contributed by atoms with Gasteiger partial charge in [-0.1, -0.05) is 17.7 Å². The molecule has 0 spiro atoms. The van der Waals surface area contributed by atoms with Gasteiger partial charge in [0.25, 0.3) is 0 Å². The molecular formula is C16H26N2O2. The van der Waals surface area contributed by atoms with Gasteiger partial charge in [-0.15, -0.1) is 0 Å². The van der Waals surface area contributed by atoms with E-state index in [-0.39, 0.29) is 12.1 Å². The van der Waals surface area contributed by atoms with Crippen molar-refractivity contribution in [3.05, 3.63) is 29.3 Å². The predicted molar refractivity (Wildman–Crippen MR) is 81.3 cm³/mol. The summed E-state index contributed by atoms with van der Waals surface area (Å²) >= 11 is 0. The first kappa shape index (κ1) is 15.3. The smallest absolute Gasteiger partial charge is 0.122 e. The number of ether oxygens (including phenoxy) is 2. The van der Waals surface area contributed by atoms with Crippen molar-refractivity contribution in [3.8, 4) is 5.75 Å². The van der Waals surface area contributed by atoms with E-state index in [1.807, 2.05) is 13.0 Å². The highest BCUT2D eigenvalue weighted by Gasteiger charge is 2.18. The Labute approximate surface area is 121 Å². The minimum absolute atomic E-state index is 0.135. The molecule has 0 amide bonds. The highest BCUT2D eigenvalue weighted by molar-refractivity contribution is 5.37. The van der Waals surface area contributed by atoms with E-state index in [0.29, 0.717) is 6.61 Å². The van der Waals surface area contributed by atoms with Crippen molar-refractivity contribution >= 4 is 0 Å². The molecule has 1 aliphatic rings. The third-order valence-electron chi connectivity index (χ3n) is 3.52. The minimum atomic E-state index is 0.135. The van der Waals surface area contributed by atoms with E-state index in [4.69, 9.17) is 15.2 Å². The molecule has 2 atom stereocenters. The molecule has 1 saturated heterocycles. The van der Waals surface area contributed by atoms with Crippen LogP contribution in [0.15, 0.2) is 18.2 Å². The van der Waals surface area contributed by atoms with Gasteiger partial charge in [0.15, 0.2) is 0 Å². The fraction of sp³-hybridized carbons (Fsp3) is 0.625. The van der Waals surface area contributed by atoms with Crippen molar-refractivity contribution in [2.45, 2.75) is 32.4 Å². The molecule has 2 N–H and O–H groups in total. The molecule has 4 nitrogen and oxygen atoms in total. The van der Waals surface area contributed by atoms with Gasteiger partial charge >= 0.3 is 0 Å². The van der Waals surface area contributed by atoms with E-state index in [9.17, 15) is 0 Å². The number of morpholine rings is 1. The van der Waals surface area contributed by atoms with Gasteiger partial charge in [0, 0.05) is 19.1 Å². The first-order chi connectivity index (χ1) is 9.54. The molecule has 0 bridgehead atoms. The van der Waals surface area contributed by atoms with Gasteiger partial charge in [-0.3, -0.25) is 0 Å². The minimum Gasteiger partial charge on any atom is -0.491 e. The molecule has 2 unspecified atom stereocenters. The molecule has 1 aliphatic heterocycles. The van der Waals surface area contributed by atoms with Gasteiger partial charge in [-0.05, 0) is 38.9 Å². The van der Waals surface area contributed by atoms with Gasteiger partial charge in [0.05, 0.1) is 6.61 Å². The summed E-state index contributed by atoms with van der Waals surface area (Å²) in [4.78, 5) is 2.27. The standard InChI is InChI=1S/C16H26N2O2/c1-12-4-5-16(14(8-12)9-13(2)17)20-11-15-10-18(3)6-7-19-15/h4-5,8,13,15H,6-7,9-11,17H2,1-3H3. The molecular weight excluding hydrogens is 252 g/mol. The number of likely N-dealkylation sites (N-methyl/N-ethyl adjacent to an activating group) is 1. The van der Waals surface area contributed by atoms with Crippen LogP contribution in [0, 0.1) is 6.92 Å². The second-order valence-electron chi connectivity index (χ2n) is 5.86. The Kier molecular flexibility index (Phi) is 5.40. The molecule has 1 aromatic carbocycles. The number of aryl methyl sites for hydroxylation is 1. The van der Waals surface area contributed by atoms with Crippen molar-refractivity contribution in [2.75, 3.05) is 33.4 Å². The zero-order chi connectivity index (χ0) is 14.5. The first-order valence-electron chi connectivity index (χ1n) is 7.32. The third-order valence-corrected chi connectivity index (χ3v) is 3.52. The van der Waals surface area contributed by atoms with Crippen LogP contribution >= 0.6 is 0 Å². The summed E-state index contributed by atoms with van der Waals surface area (Å²) in [6.45, 7) is 7.41. The molecule has 1 fully saturated rings. The molecule has 2 rings (SSSR count). The topological polar surface area (TPSA) is 47.7 Å². The van der Waals surface area contributed by atoms with Crippen LogP contribution in [0.4, 0.5) is 0 Å². The largest absolute Gasteiger partial charge is 0.491 e. The van der Waals surface area contributed by atoms with E-state index >= 15 is 0 Å². The Bertz CT molecular complexity index is 434. The SMILES string of the molecule is Cc1ccc(OCC2CN(C)CCO2)c(CC(C)N)c1.